The predicted octanol–water partition coefficient (Wildman–Crippen LogP) is 5.71. The number of carbonyl (C=O) groups excluding carboxylic acids is 2. The van der Waals surface area contributed by atoms with Crippen molar-refractivity contribution in [3.63, 3.8) is 0 Å². The molecule has 0 aromatic heterocycles. The van der Waals surface area contributed by atoms with Crippen molar-refractivity contribution >= 4 is 11.9 Å². The fraction of sp³-hybridized carbons (Fsp3) is 0.0833. The Balaban J connectivity index is 2.11. The van der Waals surface area contributed by atoms with Crippen molar-refractivity contribution in [2.45, 2.75) is 13.8 Å². The third-order valence-electron chi connectivity index (χ3n) is 3.83. The lowest BCUT2D eigenvalue weighted by atomic mass is 10.0. The molecule has 0 saturated heterocycles. The molecule has 0 saturated carbocycles. The summed E-state index contributed by atoms with van der Waals surface area (Å²) in [5.74, 6) is -5.47. The number of ether oxygens (including phenoxy) is 4. The Labute approximate surface area is 187 Å². The average Bonchev–Trinajstić information content (AvgIpc) is 2.77. The SMILES string of the molecule is C=C(C)C(=O)OC=COc1ccc(-c2ccc(OC=COC(=O)C(=C)C)c(F)c2F)c(F)c1. The third kappa shape index (κ3) is 6.86. The molecule has 6 nitrogen and oxygen atoms in total. The average molecular weight is 460 g/mol. The van der Waals surface area contributed by atoms with Crippen molar-refractivity contribution in [2.75, 3.05) is 0 Å². The number of halogens is 3. The molecule has 0 unspecified atom stereocenters. The Morgan fingerprint density at radius 1 is 0.758 bits per heavy atom. The lowest BCUT2D eigenvalue weighted by Gasteiger charge is -2.10. The van der Waals surface area contributed by atoms with Crippen LogP contribution in [0.3, 0.4) is 0 Å². The smallest absolute Gasteiger partial charge is 0.338 e. The van der Waals surface area contributed by atoms with Gasteiger partial charge in [0, 0.05) is 28.3 Å². The van der Waals surface area contributed by atoms with Crippen molar-refractivity contribution in [1.29, 1.82) is 0 Å². The van der Waals surface area contributed by atoms with Crippen molar-refractivity contribution in [3.05, 3.63) is 97.1 Å². The third-order valence-corrected chi connectivity index (χ3v) is 3.83. The van der Waals surface area contributed by atoms with Crippen LogP contribution in [-0.2, 0) is 19.1 Å². The minimum atomic E-state index is -1.37. The summed E-state index contributed by atoms with van der Waals surface area (Å²) in [6, 6.07) is 5.65. The van der Waals surface area contributed by atoms with E-state index >= 15 is 0 Å². The van der Waals surface area contributed by atoms with Crippen LogP contribution in [0.15, 0.2) is 79.7 Å². The minimum absolute atomic E-state index is 0.0224. The van der Waals surface area contributed by atoms with Crippen LogP contribution in [0.4, 0.5) is 13.2 Å². The maximum atomic E-state index is 14.5. The fourth-order valence-corrected chi connectivity index (χ4v) is 2.21. The van der Waals surface area contributed by atoms with Gasteiger partial charge in [0.2, 0.25) is 5.82 Å². The molecule has 2 aromatic carbocycles. The number of benzene rings is 2. The maximum absolute atomic E-state index is 14.5. The summed E-state index contributed by atoms with van der Waals surface area (Å²) < 4.78 is 62.7. The van der Waals surface area contributed by atoms with E-state index < -0.39 is 35.1 Å². The highest BCUT2D eigenvalue weighted by Crippen LogP contribution is 2.33. The van der Waals surface area contributed by atoms with Crippen molar-refractivity contribution in [2.24, 2.45) is 0 Å². The van der Waals surface area contributed by atoms with E-state index in [1.54, 1.807) is 0 Å². The van der Waals surface area contributed by atoms with Crippen LogP contribution in [0.2, 0.25) is 0 Å². The molecule has 0 fully saturated rings. The van der Waals surface area contributed by atoms with Gasteiger partial charge in [-0.15, -0.1) is 0 Å². The second-order valence-electron chi connectivity index (χ2n) is 6.53. The summed E-state index contributed by atoms with van der Waals surface area (Å²) in [6.07, 6.45) is 3.63. The van der Waals surface area contributed by atoms with Crippen LogP contribution < -0.4 is 9.47 Å². The Bertz CT molecular complexity index is 1150. The molecule has 0 atom stereocenters. The molecule has 0 aliphatic carbocycles. The molecule has 0 bridgehead atoms. The van der Waals surface area contributed by atoms with Crippen LogP contribution in [0, 0.1) is 17.5 Å². The Morgan fingerprint density at radius 2 is 1.30 bits per heavy atom. The largest absolute Gasteiger partial charge is 0.462 e. The van der Waals surface area contributed by atoms with Gasteiger partial charge < -0.3 is 18.9 Å². The van der Waals surface area contributed by atoms with Gasteiger partial charge in [0.05, 0.1) is 0 Å². The molecule has 172 valence electrons. The first-order chi connectivity index (χ1) is 15.6. The standard InChI is InChI=1S/C24H19F3O6/c1-14(2)23(28)32-11-9-30-16-5-6-17(19(25)13-16)18-7-8-20(22(27)21(18)26)31-10-12-33-24(29)15(3)4/h5-13H,1,3H2,2,4H3. The van der Waals surface area contributed by atoms with E-state index in [1.165, 1.54) is 26.0 Å². The Hall–Kier alpha value is -4.27. The molecule has 0 radical (unpaired) electrons. The fourth-order valence-electron chi connectivity index (χ4n) is 2.21. The molecule has 0 aliphatic heterocycles. The highest BCUT2D eigenvalue weighted by atomic mass is 19.2. The number of hydrogen-bond donors (Lipinski definition) is 0. The number of hydrogen-bond acceptors (Lipinski definition) is 6. The van der Waals surface area contributed by atoms with E-state index in [9.17, 15) is 22.8 Å². The van der Waals surface area contributed by atoms with Gasteiger partial charge in [-0.2, -0.15) is 4.39 Å². The molecular weight excluding hydrogens is 441 g/mol. The van der Waals surface area contributed by atoms with Gasteiger partial charge in [0.15, 0.2) is 11.6 Å². The molecule has 2 rings (SSSR count). The molecule has 33 heavy (non-hydrogen) atoms. The highest BCUT2D eigenvalue weighted by Gasteiger charge is 2.18. The lowest BCUT2D eigenvalue weighted by molar-refractivity contribution is -0.134. The van der Waals surface area contributed by atoms with E-state index in [0.29, 0.717) is 0 Å². The molecular formula is C24H19F3O6. The lowest BCUT2D eigenvalue weighted by Crippen LogP contribution is -2.00. The topological polar surface area (TPSA) is 71.1 Å². The van der Waals surface area contributed by atoms with Crippen LogP contribution in [0.25, 0.3) is 11.1 Å². The molecule has 0 N–H and O–H groups in total. The van der Waals surface area contributed by atoms with Gasteiger partial charge in [-0.25, -0.2) is 18.4 Å². The van der Waals surface area contributed by atoms with E-state index in [1.807, 2.05) is 0 Å². The van der Waals surface area contributed by atoms with Crippen molar-refractivity contribution in [3.8, 4) is 22.6 Å². The number of carbonyl (C=O) groups is 2. The van der Waals surface area contributed by atoms with E-state index in [0.717, 1.165) is 43.2 Å². The summed E-state index contributed by atoms with van der Waals surface area (Å²) >= 11 is 0. The summed E-state index contributed by atoms with van der Waals surface area (Å²) in [5.41, 5.74) is -0.258. The summed E-state index contributed by atoms with van der Waals surface area (Å²) in [4.78, 5) is 22.5. The van der Waals surface area contributed by atoms with Crippen LogP contribution in [0.5, 0.6) is 11.5 Å². The van der Waals surface area contributed by atoms with Gasteiger partial charge >= 0.3 is 11.9 Å². The zero-order valence-corrected chi connectivity index (χ0v) is 17.7. The van der Waals surface area contributed by atoms with Gasteiger partial charge in [-0.05, 0) is 38.1 Å². The molecule has 0 heterocycles. The van der Waals surface area contributed by atoms with Gasteiger partial charge in [0.1, 0.15) is 36.6 Å². The van der Waals surface area contributed by atoms with E-state index in [2.05, 4.69) is 22.6 Å². The Kier molecular flexibility index (Phi) is 8.62. The van der Waals surface area contributed by atoms with Crippen molar-refractivity contribution in [1.82, 2.24) is 0 Å². The minimum Gasteiger partial charge on any atom is -0.462 e. The van der Waals surface area contributed by atoms with Gasteiger partial charge in [-0.1, -0.05) is 13.2 Å². The molecule has 2 aromatic rings. The normalized spacial score (nSPS) is 10.8. The second-order valence-corrected chi connectivity index (χ2v) is 6.53. The van der Waals surface area contributed by atoms with Crippen LogP contribution >= 0.6 is 0 Å². The number of rotatable bonds is 9. The Morgan fingerprint density at radius 3 is 1.85 bits per heavy atom. The number of esters is 2. The van der Waals surface area contributed by atoms with E-state index in [-0.39, 0.29) is 28.0 Å². The summed E-state index contributed by atoms with van der Waals surface area (Å²) in [5, 5.41) is 0. The first-order valence-corrected chi connectivity index (χ1v) is 9.26. The molecule has 0 amide bonds. The predicted molar refractivity (Wildman–Crippen MR) is 113 cm³/mol. The molecule has 9 heteroatoms. The van der Waals surface area contributed by atoms with Gasteiger partial charge in [0.25, 0.3) is 0 Å². The van der Waals surface area contributed by atoms with Crippen molar-refractivity contribution < 1.29 is 41.7 Å². The van der Waals surface area contributed by atoms with Crippen LogP contribution in [-0.4, -0.2) is 11.9 Å². The zero-order chi connectivity index (χ0) is 24.5. The second kappa shape index (κ2) is 11.4. The van der Waals surface area contributed by atoms with Gasteiger partial charge in [-0.3, -0.25) is 0 Å². The van der Waals surface area contributed by atoms with Crippen LogP contribution in [0.1, 0.15) is 13.8 Å². The quantitative estimate of drug-likeness (QED) is 0.271. The summed E-state index contributed by atoms with van der Waals surface area (Å²) in [7, 11) is 0. The summed E-state index contributed by atoms with van der Waals surface area (Å²) in [6.45, 7) is 9.68. The monoisotopic (exact) mass is 460 g/mol. The zero-order valence-electron chi connectivity index (χ0n) is 17.7. The molecule has 0 aliphatic rings. The highest BCUT2D eigenvalue weighted by molar-refractivity contribution is 5.87. The molecule has 0 spiro atoms. The first kappa shape index (κ1) is 25.0. The first-order valence-electron chi connectivity index (χ1n) is 9.26. The van der Waals surface area contributed by atoms with E-state index in [4.69, 9.17) is 9.47 Å². The maximum Gasteiger partial charge on any atom is 0.338 e.